The van der Waals surface area contributed by atoms with Crippen molar-refractivity contribution in [2.45, 2.75) is 77.7 Å². The zero-order valence-corrected chi connectivity index (χ0v) is 46.4. The van der Waals surface area contributed by atoms with E-state index in [4.69, 9.17) is 40.4 Å². The molecule has 2 aliphatic heterocycles. The number of esters is 1. The maximum absolute atomic E-state index is 11.3. The molecule has 0 unspecified atom stereocenters. The van der Waals surface area contributed by atoms with Crippen molar-refractivity contribution < 1.29 is 65.1 Å². The van der Waals surface area contributed by atoms with Crippen molar-refractivity contribution in [1.29, 1.82) is 0 Å². The number of carboxylic acid groups (broad SMARTS) is 1. The molecule has 0 amide bonds. The molecular weight excluding hydrogens is 1030 g/mol. The van der Waals surface area contributed by atoms with Crippen LogP contribution in [0, 0.1) is 27.7 Å². The van der Waals surface area contributed by atoms with Crippen LogP contribution in [0.1, 0.15) is 82.0 Å². The zero-order chi connectivity index (χ0) is 55.2. The summed E-state index contributed by atoms with van der Waals surface area (Å²) in [6.45, 7) is 10.2. The number of carbonyl (C=O) groups is 2. The average molecular weight is 1100 g/mol. The van der Waals surface area contributed by atoms with Crippen LogP contribution in [0.25, 0.3) is 22.3 Å². The lowest BCUT2D eigenvalue weighted by Gasteiger charge is -2.15. The molecule has 0 spiro atoms. The monoisotopic (exact) mass is 1100 g/mol. The lowest BCUT2D eigenvalue weighted by atomic mass is 9.94. The van der Waals surface area contributed by atoms with Crippen LogP contribution in [0.4, 0.5) is 0 Å². The van der Waals surface area contributed by atoms with Gasteiger partial charge in [-0.25, -0.2) is 16.8 Å². The van der Waals surface area contributed by atoms with E-state index in [-0.39, 0.29) is 41.5 Å². The largest absolute Gasteiger partial charge is 0.508 e. The number of ether oxygens (including phenoxy) is 6. The van der Waals surface area contributed by atoms with E-state index in [1.54, 1.807) is 18.2 Å². The molecule has 76 heavy (non-hydrogen) atoms. The van der Waals surface area contributed by atoms with Crippen molar-refractivity contribution in [3.63, 3.8) is 0 Å². The highest BCUT2D eigenvalue weighted by molar-refractivity contribution is 7.90. The van der Waals surface area contributed by atoms with Gasteiger partial charge >= 0.3 is 11.9 Å². The fraction of sp³-hybridized carbons (Fsp3) is 0.356. The molecule has 0 fully saturated rings. The van der Waals surface area contributed by atoms with Gasteiger partial charge in [0, 0.05) is 53.5 Å². The number of carbonyl (C=O) groups excluding carboxylic acids is 1. The second kappa shape index (κ2) is 26.8. The molecule has 406 valence electrons. The summed E-state index contributed by atoms with van der Waals surface area (Å²) in [4.78, 5) is 22.2. The summed E-state index contributed by atoms with van der Waals surface area (Å²) < 4.78 is 78.1. The van der Waals surface area contributed by atoms with Crippen LogP contribution < -0.4 is 23.7 Å². The Morgan fingerprint density at radius 3 is 1.57 bits per heavy atom. The van der Waals surface area contributed by atoms with Gasteiger partial charge in [-0.1, -0.05) is 48.5 Å². The van der Waals surface area contributed by atoms with Gasteiger partial charge in [-0.2, -0.15) is 0 Å². The minimum Gasteiger partial charge on any atom is -0.508 e. The zero-order valence-electron chi connectivity index (χ0n) is 44.0. The number of methoxy groups -OCH3 is 1. The van der Waals surface area contributed by atoms with Gasteiger partial charge in [0.2, 0.25) is 0 Å². The van der Waals surface area contributed by atoms with Gasteiger partial charge < -0.3 is 38.6 Å². The third-order valence-corrected chi connectivity index (χ3v) is 15.0. The van der Waals surface area contributed by atoms with E-state index in [1.165, 1.54) is 25.2 Å². The number of aliphatic carboxylic acids is 1. The number of rotatable bonds is 20. The third-order valence-electron chi connectivity index (χ3n) is 12.7. The molecule has 6 aromatic carbocycles. The number of phenolic OH excluding ortho intramolecular Hbond substituents is 1. The van der Waals surface area contributed by atoms with E-state index in [0.717, 1.165) is 72.7 Å². The van der Waals surface area contributed by atoms with E-state index in [9.17, 15) is 31.5 Å². The van der Waals surface area contributed by atoms with E-state index < -0.39 is 25.6 Å². The molecule has 0 saturated carbocycles. The first-order valence-electron chi connectivity index (χ1n) is 24.8. The Bertz CT molecular complexity index is 3180. The van der Waals surface area contributed by atoms with Crippen molar-refractivity contribution in [3.05, 3.63) is 154 Å². The molecule has 0 aromatic heterocycles. The highest BCUT2D eigenvalue weighted by Crippen LogP contribution is 2.40. The van der Waals surface area contributed by atoms with Crippen molar-refractivity contribution >= 4 is 43.2 Å². The second-order valence-corrected chi connectivity index (χ2v) is 24.0. The molecular formula is C59H67ClO14S2. The lowest BCUT2D eigenvalue weighted by molar-refractivity contribution is -0.141. The maximum atomic E-state index is 11.3. The van der Waals surface area contributed by atoms with Crippen molar-refractivity contribution in [1.82, 2.24) is 0 Å². The molecule has 2 heterocycles. The summed E-state index contributed by atoms with van der Waals surface area (Å²) in [5, 5.41) is 18.3. The molecule has 0 radical (unpaired) electrons. The smallest absolute Gasteiger partial charge is 0.306 e. The normalized spacial score (nSPS) is 14.3. The quantitative estimate of drug-likeness (QED) is 0.0416. The van der Waals surface area contributed by atoms with Gasteiger partial charge in [0.25, 0.3) is 0 Å². The Labute approximate surface area is 451 Å². The molecule has 0 saturated heterocycles. The van der Waals surface area contributed by atoms with Crippen molar-refractivity contribution in [3.8, 4) is 56.8 Å². The van der Waals surface area contributed by atoms with Gasteiger partial charge in [0.1, 0.15) is 60.8 Å². The van der Waals surface area contributed by atoms with E-state index in [0.29, 0.717) is 75.4 Å². The fourth-order valence-corrected chi connectivity index (χ4v) is 10.6. The van der Waals surface area contributed by atoms with Gasteiger partial charge in [0.15, 0.2) is 0 Å². The van der Waals surface area contributed by atoms with Crippen LogP contribution in [0.5, 0.6) is 34.5 Å². The van der Waals surface area contributed by atoms with E-state index in [2.05, 4.69) is 42.8 Å². The van der Waals surface area contributed by atoms with Crippen LogP contribution in [0.15, 0.2) is 109 Å². The molecule has 2 atom stereocenters. The summed E-state index contributed by atoms with van der Waals surface area (Å²) in [7, 11) is -4.55. The summed E-state index contributed by atoms with van der Waals surface area (Å²) in [5.41, 5.74) is 12.9. The van der Waals surface area contributed by atoms with Crippen molar-refractivity contribution in [2.75, 3.05) is 57.6 Å². The molecule has 17 heteroatoms. The molecule has 6 aromatic rings. The highest BCUT2D eigenvalue weighted by atomic mass is 35.5. The highest BCUT2D eigenvalue weighted by Gasteiger charge is 2.28. The Morgan fingerprint density at radius 2 is 1.08 bits per heavy atom. The second-order valence-electron chi connectivity index (χ2n) is 19.2. The Morgan fingerprint density at radius 1 is 0.605 bits per heavy atom. The molecule has 8 rings (SSSR count). The number of aromatic hydroxyl groups is 1. The predicted octanol–water partition coefficient (Wildman–Crippen LogP) is 11.3. The van der Waals surface area contributed by atoms with Gasteiger partial charge in [-0.05, 0) is 145 Å². The minimum absolute atomic E-state index is 0.0352. The molecule has 0 aliphatic carbocycles. The van der Waals surface area contributed by atoms with Gasteiger partial charge in [-0.15, -0.1) is 11.6 Å². The van der Waals surface area contributed by atoms with Crippen LogP contribution in [0.2, 0.25) is 0 Å². The first-order chi connectivity index (χ1) is 36.1. The number of carboxylic acids is 1. The van der Waals surface area contributed by atoms with Crippen LogP contribution in [-0.4, -0.2) is 96.5 Å². The van der Waals surface area contributed by atoms with Crippen LogP contribution in [-0.2, 0) is 46.5 Å². The van der Waals surface area contributed by atoms with Gasteiger partial charge in [0.05, 0.1) is 57.9 Å². The van der Waals surface area contributed by atoms with E-state index in [1.807, 2.05) is 80.6 Å². The number of aryl methyl sites for hydroxylation is 4. The summed E-state index contributed by atoms with van der Waals surface area (Å²) >= 11 is 5.93. The van der Waals surface area contributed by atoms with Gasteiger partial charge in [-0.3, -0.25) is 9.59 Å². The number of hydrogen-bond acceptors (Lipinski definition) is 13. The molecule has 0 bridgehead atoms. The SMILES string of the molecule is COC(=O)C[C@@H]1COc2cc(O)ccc21.Cc1cc(OCCCS(C)(=O)=O)cc(C)c1-c1cccc(CCl)c1.Cc1cc(OCCCS(C)(=O)=O)cc(C)c1-c1cccc(COc2ccc3c(c2)OC[C@H]3CC(=O)O)c1. The molecule has 2 N–H and O–H groups in total. The molecule has 2 aliphatic rings. The van der Waals surface area contributed by atoms with Crippen molar-refractivity contribution in [2.24, 2.45) is 0 Å². The average Bonchev–Trinajstić information content (AvgIpc) is 3.95. The summed E-state index contributed by atoms with van der Waals surface area (Å²) in [5.74, 6) is 3.27. The summed E-state index contributed by atoms with van der Waals surface area (Å²) in [6, 6.07) is 34.9. The number of phenols is 1. The number of fused-ring (bicyclic) bond motifs is 2. The standard InChI is InChI=1S/C29H32O7S.C19H23ClO3S.C11H12O4/c1-19-12-25(34-10-5-11-37(3,32)33)13-20(2)29(19)22-7-4-6-21(14-22)17-35-24-8-9-26-23(15-28(30)31)18-36-27(26)16-24;1-14-10-18(23-8-5-9-24(3,21)22)11-15(2)19(14)17-7-4-6-16(12-17)13-20;1-14-11(13)4-7-6-15-10-5-8(12)2-3-9(7)10/h4,6-9,12-14,16,23H,5,10-11,15,17-18H2,1-3H3,(H,30,31);4,6-7,10-12H,5,8-9,13H2,1-3H3;2-3,5,7,12H,4,6H2,1H3/t23-;;7-/m1.1/s1. The van der Waals surface area contributed by atoms with Crippen LogP contribution in [0.3, 0.4) is 0 Å². The number of benzene rings is 6. The van der Waals surface area contributed by atoms with Crippen LogP contribution >= 0.6 is 11.6 Å². The Hall–Kier alpha value is -6.75. The first-order valence-corrected chi connectivity index (χ1v) is 29.5. The number of sulfone groups is 2. The topological polar surface area (TPSA) is 198 Å². The number of halogens is 1. The minimum atomic E-state index is -2.99. The Balaban J connectivity index is 0.000000205. The fourth-order valence-electron chi connectivity index (χ4n) is 9.19. The molecule has 14 nitrogen and oxygen atoms in total. The Kier molecular flexibility index (Phi) is 20.7. The third kappa shape index (κ3) is 17.4. The predicted molar refractivity (Wildman–Crippen MR) is 296 cm³/mol. The number of alkyl halides is 1. The first kappa shape index (κ1) is 58.5. The van der Waals surface area contributed by atoms with E-state index >= 15 is 0 Å². The number of hydrogen-bond donors (Lipinski definition) is 2. The summed E-state index contributed by atoms with van der Waals surface area (Å²) in [6.07, 6.45) is 3.79. The maximum Gasteiger partial charge on any atom is 0.306 e. The lowest BCUT2D eigenvalue weighted by Crippen LogP contribution is -2.09.